The summed E-state index contributed by atoms with van der Waals surface area (Å²) in [7, 11) is 0. The number of nitrogens with zero attached hydrogens (tertiary/aromatic N) is 2. The van der Waals surface area contributed by atoms with Gasteiger partial charge in [-0.1, -0.05) is 49.5 Å². The number of unbranched alkanes of at least 4 members (excludes halogenated alkanes) is 3. The molecule has 1 aliphatic rings. The number of ether oxygens (including phenoxy) is 1. The summed E-state index contributed by atoms with van der Waals surface area (Å²) >= 11 is 7.25. The molecule has 1 unspecified atom stereocenters. The predicted octanol–water partition coefficient (Wildman–Crippen LogP) is 6.28. The lowest BCUT2D eigenvalue weighted by Crippen LogP contribution is -2.45. The highest BCUT2D eigenvalue weighted by Gasteiger charge is 2.35. The molecule has 0 bridgehead atoms. The minimum absolute atomic E-state index is 0.115. The zero-order valence-corrected chi connectivity index (χ0v) is 20.6. The maximum atomic E-state index is 12.9. The topological polar surface area (TPSA) is 71.0 Å². The number of hydrogen-bond acceptors (Lipinski definition) is 5. The second-order valence-electron chi connectivity index (χ2n) is 7.74. The van der Waals surface area contributed by atoms with Gasteiger partial charge in [0.25, 0.3) is 0 Å². The Bertz CT molecular complexity index is 964. The van der Waals surface area contributed by atoms with Crippen molar-refractivity contribution < 1.29 is 14.3 Å². The Hall–Kier alpha value is -2.51. The number of benzene rings is 2. The summed E-state index contributed by atoms with van der Waals surface area (Å²) in [5.41, 5.74) is 1.35. The second-order valence-corrected chi connectivity index (χ2v) is 9.35. The Labute approximate surface area is 204 Å². The van der Waals surface area contributed by atoms with Gasteiger partial charge in [0.2, 0.25) is 11.8 Å². The van der Waals surface area contributed by atoms with Crippen LogP contribution >= 0.6 is 23.4 Å². The average molecular weight is 488 g/mol. The van der Waals surface area contributed by atoms with Gasteiger partial charge in [0.15, 0.2) is 5.17 Å². The highest BCUT2D eigenvalue weighted by Crippen LogP contribution is 2.30. The maximum Gasteiger partial charge on any atom is 0.238 e. The Balaban J connectivity index is 1.61. The fraction of sp³-hybridized carbons (Fsp3) is 0.400. The molecule has 2 amide bonds. The van der Waals surface area contributed by atoms with Gasteiger partial charge in [-0.15, -0.1) is 0 Å². The first-order chi connectivity index (χ1) is 16.0. The minimum atomic E-state index is -0.555. The molecular formula is C25H30ClN3O3S. The lowest BCUT2D eigenvalue weighted by molar-refractivity contribution is -0.129. The molecule has 0 aromatic heterocycles. The lowest BCUT2D eigenvalue weighted by Gasteiger charge is -2.30. The van der Waals surface area contributed by atoms with Crippen LogP contribution in [0.15, 0.2) is 53.5 Å². The Morgan fingerprint density at radius 2 is 1.85 bits per heavy atom. The van der Waals surface area contributed by atoms with E-state index in [4.69, 9.17) is 16.3 Å². The van der Waals surface area contributed by atoms with Crippen molar-refractivity contribution in [3.05, 3.63) is 53.6 Å². The van der Waals surface area contributed by atoms with Gasteiger partial charge in [0.05, 0.1) is 12.3 Å². The van der Waals surface area contributed by atoms with E-state index < -0.39 is 5.25 Å². The molecule has 176 valence electrons. The van der Waals surface area contributed by atoms with Crippen LogP contribution in [-0.2, 0) is 9.59 Å². The van der Waals surface area contributed by atoms with Crippen molar-refractivity contribution in [1.29, 1.82) is 0 Å². The van der Waals surface area contributed by atoms with Crippen molar-refractivity contribution in [2.75, 3.05) is 18.5 Å². The van der Waals surface area contributed by atoms with Crippen LogP contribution in [0.3, 0.4) is 0 Å². The first kappa shape index (κ1) is 25.1. The summed E-state index contributed by atoms with van der Waals surface area (Å²) in [6, 6.07) is 14.4. The van der Waals surface area contributed by atoms with Crippen LogP contribution in [0.25, 0.3) is 0 Å². The third-order valence-corrected chi connectivity index (χ3v) is 6.63. The number of carbonyl (C=O) groups excluding carboxylic acids is 2. The summed E-state index contributed by atoms with van der Waals surface area (Å²) in [5, 5.41) is 3.49. The molecule has 1 heterocycles. The molecule has 1 saturated heterocycles. The van der Waals surface area contributed by atoms with Gasteiger partial charge in [-0.05, 0) is 61.9 Å². The molecular weight excluding hydrogens is 458 g/mol. The van der Waals surface area contributed by atoms with E-state index in [1.807, 2.05) is 31.2 Å². The van der Waals surface area contributed by atoms with Gasteiger partial charge in [-0.3, -0.25) is 14.5 Å². The molecule has 3 rings (SSSR count). The highest BCUT2D eigenvalue weighted by molar-refractivity contribution is 8.15. The van der Waals surface area contributed by atoms with Crippen molar-refractivity contribution in [3.63, 3.8) is 0 Å². The zero-order chi connectivity index (χ0) is 23.6. The Morgan fingerprint density at radius 3 is 2.52 bits per heavy atom. The van der Waals surface area contributed by atoms with Crippen LogP contribution in [0.1, 0.15) is 46.0 Å². The fourth-order valence-corrected chi connectivity index (χ4v) is 4.64. The number of amidine groups is 1. The SMILES string of the molecule is CCCCCCOc1ccc(NC(=O)C2CC(=O)N(CC)C(=Nc3ccc(Cl)cc3)S2)cc1. The summed E-state index contributed by atoms with van der Waals surface area (Å²) in [6.07, 6.45) is 4.75. The van der Waals surface area contributed by atoms with Gasteiger partial charge < -0.3 is 10.1 Å². The molecule has 0 aliphatic carbocycles. The van der Waals surface area contributed by atoms with Crippen LogP contribution in [0, 0.1) is 0 Å². The maximum absolute atomic E-state index is 12.9. The zero-order valence-electron chi connectivity index (χ0n) is 19.1. The molecule has 2 aromatic rings. The molecule has 0 saturated carbocycles. The number of amides is 2. The van der Waals surface area contributed by atoms with Gasteiger partial charge in [0.1, 0.15) is 11.0 Å². The third kappa shape index (κ3) is 7.51. The molecule has 1 N–H and O–H groups in total. The van der Waals surface area contributed by atoms with Crippen LogP contribution in [0.2, 0.25) is 5.02 Å². The van der Waals surface area contributed by atoms with Crippen LogP contribution in [0.4, 0.5) is 11.4 Å². The number of halogens is 1. The van der Waals surface area contributed by atoms with Crippen LogP contribution in [0.5, 0.6) is 5.75 Å². The van der Waals surface area contributed by atoms with E-state index >= 15 is 0 Å². The summed E-state index contributed by atoms with van der Waals surface area (Å²) < 4.78 is 5.75. The molecule has 0 radical (unpaired) electrons. The van der Waals surface area contributed by atoms with Crippen molar-refractivity contribution in [1.82, 2.24) is 4.90 Å². The number of thioether (sulfide) groups is 1. The van der Waals surface area contributed by atoms with E-state index in [0.29, 0.717) is 34.7 Å². The Morgan fingerprint density at radius 1 is 1.12 bits per heavy atom. The van der Waals surface area contributed by atoms with E-state index in [1.165, 1.54) is 31.0 Å². The normalized spacial score (nSPS) is 17.3. The smallest absolute Gasteiger partial charge is 0.238 e. The first-order valence-electron chi connectivity index (χ1n) is 11.3. The summed E-state index contributed by atoms with van der Waals surface area (Å²) in [6.45, 7) is 5.26. The lowest BCUT2D eigenvalue weighted by atomic mass is 10.2. The number of carbonyl (C=O) groups is 2. The van der Waals surface area contributed by atoms with Gasteiger partial charge in [0, 0.05) is 23.7 Å². The molecule has 1 aliphatic heterocycles. The first-order valence-corrected chi connectivity index (χ1v) is 12.6. The Kier molecular flexibility index (Phi) is 9.63. The predicted molar refractivity (Wildman–Crippen MR) is 137 cm³/mol. The number of hydrogen-bond donors (Lipinski definition) is 1. The average Bonchev–Trinajstić information content (AvgIpc) is 2.81. The number of aliphatic imine (C=N–C) groups is 1. The van der Waals surface area contributed by atoms with E-state index in [-0.39, 0.29) is 18.2 Å². The fourth-order valence-electron chi connectivity index (χ4n) is 3.35. The molecule has 33 heavy (non-hydrogen) atoms. The highest BCUT2D eigenvalue weighted by atomic mass is 35.5. The van der Waals surface area contributed by atoms with E-state index in [2.05, 4.69) is 17.2 Å². The monoisotopic (exact) mass is 487 g/mol. The quantitative estimate of drug-likeness (QED) is 0.400. The van der Waals surface area contributed by atoms with Crippen molar-refractivity contribution >= 4 is 51.7 Å². The number of anilines is 1. The van der Waals surface area contributed by atoms with Crippen molar-refractivity contribution in [2.24, 2.45) is 4.99 Å². The molecule has 1 fully saturated rings. The van der Waals surface area contributed by atoms with Gasteiger partial charge in [-0.25, -0.2) is 4.99 Å². The van der Waals surface area contributed by atoms with Gasteiger partial charge in [-0.2, -0.15) is 0 Å². The third-order valence-electron chi connectivity index (χ3n) is 5.19. The van der Waals surface area contributed by atoms with Crippen LogP contribution < -0.4 is 10.1 Å². The largest absolute Gasteiger partial charge is 0.494 e. The standard InChI is InChI=1S/C25H30ClN3O3S/c1-3-5-6-7-16-32-21-14-12-19(13-15-21)27-24(31)22-17-23(30)29(4-2)25(33-22)28-20-10-8-18(26)9-11-20/h8-15,22H,3-7,16-17H2,1-2H3,(H,27,31). The molecule has 2 aromatic carbocycles. The van der Waals surface area contributed by atoms with Crippen molar-refractivity contribution in [3.8, 4) is 5.75 Å². The second kappa shape index (κ2) is 12.7. The van der Waals surface area contributed by atoms with E-state index in [0.717, 1.165) is 12.2 Å². The van der Waals surface area contributed by atoms with Gasteiger partial charge >= 0.3 is 0 Å². The summed E-state index contributed by atoms with van der Waals surface area (Å²) in [4.78, 5) is 31.8. The molecule has 0 spiro atoms. The molecule has 6 nitrogen and oxygen atoms in total. The van der Waals surface area contributed by atoms with E-state index in [1.54, 1.807) is 29.2 Å². The minimum Gasteiger partial charge on any atom is -0.494 e. The van der Waals surface area contributed by atoms with Crippen LogP contribution in [-0.4, -0.2) is 40.3 Å². The number of nitrogens with one attached hydrogen (secondary N) is 1. The number of rotatable bonds is 10. The molecule has 8 heteroatoms. The summed E-state index contributed by atoms with van der Waals surface area (Å²) in [5.74, 6) is 0.444. The van der Waals surface area contributed by atoms with E-state index in [9.17, 15) is 9.59 Å². The molecule has 1 atom stereocenters. The van der Waals surface area contributed by atoms with Crippen molar-refractivity contribution in [2.45, 2.75) is 51.2 Å².